The van der Waals surface area contributed by atoms with Crippen molar-refractivity contribution >= 4 is 0 Å². The summed E-state index contributed by atoms with van der Waals surface area (Å²) in [5.41, 5.74) is -3.82. The zero-order valence-corrected chi connectivity index (χ0v) is 20.6. The topological polar surface area (TPSA) is 101 Å². The second kappa shape index (κ2) is 7.13. The van der Waals surface area contributed by atoms with Gasteiger partial charge < -0.3 is 34.3 Å². The first-order valence-corrected chi connectivity index (χ1v) is 12.7. The zero-order valence-electron chi connectivity index (χ0n) is 20.6. The third-order valence-corrected chi connectivity index (χ3v) is 11.5. The van der Waals surface area contributed by atoms with Gasteiger partial charge in [-0.05, 0) is 31.7 Å². The number of hydrogen-bond donors (Lipinski definition) is 3. The molecule has 1 aliphatic heterocycles. The van der Waals surface area contributed by atoms with Gasteiger partial charge in [-0.1, -0.05) is 6.92 Å². The molecule has 5 saturated carbocycles. The van der Waals surface area contributed by atoms with Gasteiger partial charge in [-0.25, -0.2) is 0 Å². The van der Waals surface area contributed by atoms with Crippen LogP contribution in [0.4, 0.5) is 0 Å². The Labute approximate surface area is 196 Å². The summed E-state index contributed by atoms with van der Waals surface area (Å²) in [5, 5.41) is 37.6. The van der Waals surface area contributed by atoms with Gasteiger partial charge in [-0.15, -0.1) is 0 Å². The van der Waals surface area contributed by atoms with Crippen LogP contribution in [-0.2, 0) is 18.9 Å². The van der Waals surface area contributed by atoms with Crippen LogP contribution in [0, 0.1) is 34.5 Å². The molecule has 6 rings (SSSR count). The highest BCUT2D eigenvalue weighted by atomic mass is 16.5. The SMILES string of the molecule is CCN1C[C@]2(COC)CC[C@H](O)[C@]34[C@@H]5C[C@H]6[C@H](OC)[C@@H]5[C@](O)(C[C@@H]6OC)[C@](O)([C@H]13)[C@@H](OC)[C@H]24. The highest BCUT2D eigenvalue weighted by Gasteiger charge is 2.91. The van der Waals surface area contributed by atoms with Gasteiger partial charge in [-0.3, -0.25) is 4.90 Å². The van der Waals surface area contributed by atoms with E-state index >= 15 is 0 Å². The summed E-state index contributed by atoms with van der Waals surface area (Å²) in [7, 11) is 6.79. The lowest BCUT2D eigenvalue weighted by Crippen LogP contribution is -2.82. The van der Waals surface area contributed by atoms with Gasteiger partial charge in [0.15, 0.2) is 0 Å². The molecule has 1 spiro atoms. The van der Waals surface area contributed by atoms with Crippen molar-refractivity contribution in [3.8, 4) is 0 Å². The third-order valence-electron chi connectivity index (χ3n) is 11.5. The Balaban J connectivity index is 1.67. The van der Waals surface area contributed by atoms with Crippen LogP contribution in [0.2, 0.25) is 0 Å². The van der Waals surface area contributed by atoms with Crippen molar-refractivity contribution in [1.82, 2.24) is 4.90 Å². The predicted octanol–water partition coefficient (Wildman–Crippen LogP) is 0.271. The fraction of sp³-hybridized carbons (Fsp3) is 1.00. The summed E-state index contributed by atoms with van der Waals surface area (Å²) in [5.74, 6) is -0.231. The largest absolute Gasteiger partial charge is 0.392 e. The maximum atomic E-state index is 12.9. The van der Waals surface area contributed by atoms with Crippen LogP contribution in [-0.4, -0.2) is 110 Å². The first-order valence-electron chi connectivity index (χ1n) is 12.7. The van der Waals surface area contributed by atoms with E-state index in [9.17, 15) is 15.3 Å². The average Bonchev–Trinajstić information content (AvgIpc) is 3.22. The molecule has 1 heterocycles. The Hall–Kier alpha value is -0.320. The van der Waals surface area contributed by atoms with E-state index in [1.54, 1.807) is 28.4 Å². The number of aliphatic hydroxyl groups is 3. The molecular weight excluding hydrogens is 426 g/mol. The van der Waals surface area contributed by atoms with E-state index in [4.69, 9.17) is 18.9 Å². The number of fused-ring (bicyclic) bond motifs is 2. The Morgan fingerprint density at radius 1 is 1.06 bits per heavy atom. The Morgan fingerprint density at radius 3 is 2.42 bits per heavy atom. The molecule has 0 radical (unpaired) electrons. The molecule has 6 fully saturated rings. The van der Waals surface area contributed by atoms with Gasteiger partial charge in [-0.2, -0.15) is 0 Å². The van der Waals surface area contributed by atoms with E-state index < -0.39 is 28.8 Å². The van der Waals surface area contributed by atoms with E-state index in [2.05, 4.69) is 11.8 Å². The Morgan fingerprint density at radius 2 is 1.82 bits per heavy atom. The number of aliphatic hydroxyl groups excluding tert-OH is 1. The van der Waals surface area contributed by atoms with Crippen molar-refractivity contribution in [2.45, 2.75) is 74.3 Å². The van der Waals surface area contributed by atoms with Crippen LogP contribution >= 0.6 is 0 Å². The maximum Gasteiger partial charge on any atom is 0.136 e. The summed E-state index contributed by atoms with van der Waals surface area (Å²) in [4.78, 5) is 2.33. The van der Waals surface area contributed by atoms with Crippen molar-refractivity contribution < 1.29 is 34.3 Å². The number of rotatable bonds is 6. The van der Waals surface area contributed by atoms with Gasteiger partial charge in [0.1, 0.15) is 11.2 Å². The summed E-state index contributed by atoms with van der Waals surface area (Å²) in [6, 6.07) is -0.386. The van der Waals surface area contributed by atoms with E-state index in [1.165, 1.54) is 0 Å². The molecule has 13 atom stereocenters. The summed E-state index contributed by atoms with van der Waals surface area (Å²) in [6.45, 7) is 4.18. The third kappa shape index (κ3) is 2.20. The molecule has 0 aromatic rings. The van der Waals surface area contributed by atoms with Crippen molar-refractivity contribution in [3.63, 3.8) is 0 Å². The number of ether oxygens (including phenoxy) is 4. The normalized spacial score (nSPS) is 60.9. The van der Waals surface area contributed by atoms with Gasteiger partial charge >= 0.3 is 0 Å². The van der Waals surface area contributed by atoms with Crippen molar-refractivity contribution in [3.05, 3.63) is 0 Å². The molecule has 5 aliphatic carbocycles. The quantitative estimate of drug-likeness (QED) is 0.512. The van der Waals surface area contributed by atoms with Crippen molar-refractivity contribution in [2.75, 3.05) is 48.1 Å². The lowest BCUT2D eigenvalue weighted by Gasteiger charge is -2.69. The molecule has 188 valence electrons. The number of piperidine rings is 1. The summed E-state index contributed by atoms with van der Waals surface area (Å²) in [6.07, 6.45) is 1.06. The highest BCUT2D eigenvalue weighted by molar-refractivity contribution is 5.41. The van der Waals surface area contributed by atoms with Gasteiger partial charge in [0, 0.05) is 70.0 Å². The van der Waals surface area contributed by atoms with Gasteiger partial charge in [0.25, 0.3) is 0 Å². The number of likely N-dealkylation sites (tertiary alicyclic amines) is 1. The summed E-state index contributed by atoms with van der Waals surface area (Å²) < 4.78 is 24.0. The summed E-state index contributed by atoms with van der Waals surface area (Å²) >= 11 is 0. The smallest absolute Gasteiger partial charge is 0.136 e. The van der Waals surface area contributed by atoms with Crippen molar-refractivity contribution in [1.29, 1.82) is 0 Å². The molecule has 0 unspecified atom stereocenters. The van der Waals surface area contributed by atoms with E-state index in [0.717, 1.165) is 25.9 Å². The number of likely N-dealkylation sites (N-methyl/N-ethyl adjacent to an activating group) is 1. The second-order valence-corrected chi connectivity index (χ2v) is 11.9. The van der Waals surface area contributed by atoms with Crippen LogP contribution in [0.5, 0.6) is 0 Å². The van der Waals surface area contributed by atoms with E-state index in [-0.39, 0.29) is 47.3 Å². The molecule has 0 aromatic carbocycles. The molecule has 0 amide bonds. The van der Waals surface area contributed by atoms with Crippen LogP contribution in [0.1, 0.15) is 32.6 Å². The fourth-order valence-corrected chi connectivity index (χ4v) is 11.0. The standard InChI is InChI=1S/C25H41NO7/c1-6-26-11-22(12-30-2)8-7-16(27)24-14-9-13-15(31-3)10-23(28,17(14)18(13)32-4)25(29,21(24)26)20(33-5)19(22)24/h13-21,27-29H,6-12H2,1-5H3/t13-,14-,15+,16+,17-,18+,19-,20+,21-,22+,23-,24+,25-/m1/s1. The minimum absolute atomic E-state index is 0.00825. The first-order chi connectivity index (χ1) is 15.8. The molecule has 3 N–H and O–H groups in total. The average molecular weight is 468 g/mol. The fourth-order valence-electron chi connectivity index (χ4n) is 11.0. The molecule has 1 saturated heterocycles. The molecule has 33 heavy (non-hydrogen) atoms. The van der Waals surface area contributed by atoms with E-state index in [0.29, 0.717) is 19.4 Å². The van der Waals surface area contributed by atoms with Crippen LogP contribution in [0.25, 0.3) is 0 Å². The minimum atomic E-state index is -1.55. The van der Waals surface area contributed by atoms with Crippen molar-refractivity contribution in [2.24, 2.45) is 34.5 Å². The maximum absolute atomic E-state index is 12.9. The van der Waals surface area contributed by atoms with Crippen LogP contribution in [0.3, 0.4) is 0 Å². The second-order valence-electron chi connectivity index (χ2n) is 11.9. The van der Waals surface area contributed by atoms with Crippen LogP contribution in [0.15, 0.2) is 0 Å². The number of hydrogen-bond acceptors (Lipinski definition) is 8. The minimum Gasteiger partial charge on any atom is -0.392 e. The molecular formula is C25H41NO7. The number of nitrogens with zero attached hydrogens (tertiary/aromatic N) is 1. The molecule has 8 heteroatoms. The van der Waals surface area contributed by atoms with Gasteiger partial charge in [0.2, 0.25) is 0 Å². The molecule has 6 aliphatic rings. The zero-order chi connectivity index (χ0) is 23.6. The van der Waals surface area contributed by atoms with E-state index in [1.807, 2.05) is 0 Å². The van der Waals surface area contributed by atoms with Crippen LogP contribution < -0.4 is 0 Å². The number of methoxy groups -OCH3 is 4. The molecule has 7 bridgehead atoms. The monoisotopic (exact) mass is 467 g/mol. The highest BCUT2D eigenvalue weighted by Crippen LogP contribution is 2.80. The Bertz CT molecular complexity index is 814. The predicted molar refractivity (Wildman–Crippen MR) is 119 cm³/mol. The Kier molecular flexibility index (Phi) is 4.99. The first kappa shape index (κ1) is 23.1. The lowest BCUT2D eigenvalue weighted by atomic mass is 9.42. The lowest BCUT2D eigenvalue weighted by molar-refractivity contribution is -0.318. The molecule has 0 aromatic heterocycles. The van der Waals surface area contributed by atoms with Gasteiger partial charge in [0.05, 0.1) is 37.1 Å². The molecule has 8 nitrogen and oxygen atoms in total.